The van der Waals surface area contributed by atoms with Gasteiger partial charge in [-0.2, -0.15) is 0 Å². The van der Waals surface area contributed by atoms with Crippen molar-refractivity contribution in [3.8, 4) is 0 Å². The predicted molar refractivity (Wildman–Crippen MR) is 113 cm³/mol. The number of rotatable bonds is 9. The minimum Gasteiger partial charge on any atom is -0.357 e. The van der Waals surface area contributed by atoms with E-state index < -0.39 is 14.9 Å². The molecule has 1 aromatic rings. The number of aliphatic imine (C=N–C) groups is 1. The van der Waals surface area contributed by atoms with Crippen molar-refractivity contribution in [2.24, 2.45) is 10.9 Å². The molecule has 0 bridgehead atoms. The van der Waals surface area contributed by atoms with Gasteiger partial charge in [-0.3, -0.25) is 15.1 Å². The highest BCUT2D eigenvalue weighted by Gasteiger charge is 2.16. The lowest BCUT2D eigenvalue weighted by Gasteiger charge is -2.12. The molecule has 11 heteroatoms. The topological polar surface area (TPSA) is 126 Å². The zero-order chi connectivity index (χ0) is 18.9. The summed E-state index contributed by atoms with van der Waals surface area (Å²) in [5, 5.41) is 16.9. The van der Waals surface area contributed by atoms with Crippen LogP contribution in [-0.4, -0.2) is 45.5 Å². The van der Waals surface area contributed by atoms with Gasteiger partial charge in [0.05, 0.1) is 9.82 Å². The molecule has 1 rings (SSSR count). The second kappa shape index (κ2) is 12.0. The van der Waals surface area contributed by atoms with E-state index in [9.17, 15) is 18.5 Å². The zero-order valence-electron chi connectivity index (χ0n) is 15.1. The third-order valence-corrected chi connectivity index (χ3v) is 4.47. The lowest BCUT2D eigenvalue weighted by Crippen LogP contribution is -2.41. The number of nitro groups is 1. The van der Waals surface area contributed by atoms with Gasteiger partial charge in [-0.25, -0.2) is 13.1 Å². The number of nitrogens with one attached hydrogen (secondary N) is 3. The van der Waals surface area contributed by atoms with E-state index in [2.05, 4.69) is 34.2 Å². The molecule has 9 nitrogen and oxygen atoms in total. The minimum absolute atomic E-state index is 0. The second-order valence-electron chi connectivity index (χ2n) is 5.69. The average Bonchev–Trinajstić information content (AvgIpc) is 2.56. The summed E-state index contributed by atoms with van der Waals surface area (Å²) >= 11 is 0. The zero-order valence-corrected chi connectivity index (χ0v) is 18.2. The standard InChI is InChI=1S/C15H25N5O4S.HI/c1-4-16-15(18-11-12(2)3)17-8-9-19-25(23,24)14-7-5-6-13(10-14)20(21)22;/h5-7,10,12,19H,4,8-9,11H2,1-3H3,(H2,16,17,18);1H. The molecule has 148 valence electrons. The molecule has 0 aliphatic rings. The predicted octanol–water partition coefficient (Wildman–Crippen LogP) is 1.70. The first-order chi connectivity index (χ1) is 11.8. The third kappa shape index (κ3) is 8.76. The summed E-state index contributed by atoms with van der Waals surface area (Å²) in [6, 6.07) is 4.93. The van der Waals surface area contributed by atoms with E-state index in [0.29, 0.717) is 31.5 Å². The Bertz CT molecular complexity index is 710. The quantitative estimate of drug-likeness (QED) is 0.119. The molecule has 0 unspecified atom stereocenters. The number of halogens is 1. The van der Waals surface area contributed by atoms with Crippen molar-refractivity contribution in [2.45, 2.75) is 25.7 Å². The van der Waals surface area contributed by atoms with Gasteiger partial charge in [0.25, 0.3) is 5.69 Å². The monoisotopic (exact) mass is 499 g/mol. The molecule has 0 fully saturated rings. The van der Waals surface area contributed by atoms with Crippen LogP contribution >= 0.6 is 24.0 Å². The molecular formula is C15H26IN5O4S. The Kier molecular flexibility index (Phi) is 11.3. The van der Waals surface area contributed by atoms with Crippen LogP contribution in [0.25, 0.3) is 0 Å². The van der Waals surface area contributed by atoms with Crippen LogP contribution in [0, 0.1) is 16.0 Å². The van der Waals surface area contributed by atoms with Gasteiger partial charge < -0.3 is 10.6 Å². The summed E-state index contributed by atoms with van der Waals surface area (Å²) < 4.78 is 26.8. The fourth-order valence-electron chi connectivity index (χ4n) is 1.83. The van der Waals surface area contributed by atoms with Crippen molar-refractivity contribution in [3.05, 3.63) is 34.4 Å². The molecule has 0 saturated carbocycles. The number of sulfonamides is 1. The van der Waals surface area contributed by atoms with Gasteiger partial charge in [0.1, 0.15) is 0 Å². The van der Waals surface area contributed by atoms with Crippen molar-refractivity contribution in [1.29, 1.82) is 0 Å². The van der Waals surface area contributed by atoms with E-state index in [1.807, 2.05) is 6.92 Å². The van der Waals surface area contributed by atoms with E-state index in [4.69, 9.17) is 0 Å². The Hall–Kier alpha value is -1.47. The van der Waals surface area contributed by atoms with Gasteiger partial charge in [-0.1, -0.05) is 19.9 Å². The summed E-state index contributed by atoms with van der Waals surface area (Å²) in [5.41, 5.74) is -0.267. The number of nitrogens with zero attached hydrogens (tertiary/aromatic N) is 2. The fourth-order valence-corrected chi connectivity index (χ4v) is 2.90. The molecule has 26 heavy (non-hydrogen) atoms. The molecule has 0 aliphatic carbocycles. The van der Waals surface area contributed by atoms with E-state index in [1.54, 1.807) is 0 Å². The highest BCUT2D eigenvalue weighted by Crippen LogP contribution is 2.16. The molecule has 3 N–H and O–H groups in total. The minimum atomic E-state index is -3.81. The van der Waals surface area contributed by atoms with Crippen LogP contribution in [0.4, 0.5) is 5.69 Å². The Labute approximate surface area is 171 Å². The number of benzene rings is 1. The molecule has 0 atom stereocenters. The van der Waals surface area contributed by atoms with Gasteiger partial charge in [0.2, 0.25) is 10.0 Å². The highest BCUT2D eigenvalue weighted by atomic mass is 127. The lowest BCUT2D eigenvalue weighted by atomic mass is 10.2. The molecule has 0 aliphatic heterocycles. The van der Waals surface area contributed by atoms with E-state index in [0.717, 1.165) is 6.07 Å². The third-order valence-electron chi connectivity index (χ3n) is 3.01. The van der Waals surface area contributed by atoms with Crippen LogP contribution in [0.15, 0.2) is 34.2 Å². The summed E-state index contributed by atoms with van der Waals surface area (Å²) in [5.74, 6) is 1.04. The van der Waals surface area contributed by atoms with Crippen LogP contribution in [0.1, 0.15) is 20.8 Å². The van der Waals surface area contributed by atoms with Crippen molar-refractivity contribution in [2.75, 3.05) is 26.2 Å². The Morgan fingerprint density at radius 3 is 2.54 bits per heavy atom. The van der Waals surface area contributed by atoms with Crippen LogP contribution < -0.4 is 15.4 Å². The molecule has 1 aromatic carbocycles. The Morgan fingerprint density at radius 1 is 1.27 bits per heavy atom. The Balaban J connectivity index is 0.00000625. The van der Waals surface area contributed by atoms with Gasteiger partial charge in [0, 0.05) is 38.3 Å². The molecule has 0 heterocycles. The highest BCUT2D eigenvalue weighted by molar-refractivity contribution is 14.0. The second-order valence-corrected chi connectivity index (χ2v) is 7.46. The van der Waals surface area contributed by atoms with Gasteiger partial charge >= 0.3 is 0 Å². The van der Waals surface area contributed by atoms with Crippen molar-refractivity contribution < 1.29 is 13.3 Å². The van der Waals surface area contributed by atoms with Crippen molar-refractivity contribution >= 4 is 45.6 Å². The largest absolute Gasteiger partial charge is 0.357 e. The summed E-state index contributed by atoms with van der Waals surface area (Å²) in [7, 11) is -3.81. The normalized spacial score (nSPS) is 11.8. The van der Waals surface area contributed by atoms with Gasteiger partial charge in [-0.15, -0.1) is 24.0 Å². The average molecular weight is 499 g/mol. The number of hydrogen-bond donors (Lipinski definition) is 3. The molecule has 0 amide bonds. The van der Waals surface area contributed by atoms with Crippen LogP contribution in [0.3, 0.4) is 0 Å². The maximum Gasteiger partial charge on any atom is 0.270 e. The first kappa shape index (κ1) is 24.5. The van der Waals surface area contributed by atoms with Gasteiger partial charge in [-0.05, 0) is 18.9 Å². The van der Waals surface area contributed by atoms with Crippen LogP contribution in [-0.2, 0) is 10.0 Å². The first-order valence-corrected chi connectivity index (χ1v) is 9.51. The fraction of sp³-hybridized carbons (Fsp3) is 0.533. The maximum absolute atomic E-state index is 12.2. The van der Waals surface area contributed by atoms with Crippen molar-refractivity contribution in [3.63, 3.8) is 0 Å². The number of hydrogen-bond acceptors (Lipinski definition) is 5. The van der Waals surface area contributed by atoms with E-state index in [1.165, 1.54) is 18.2 Å². The molecule has 0 saturated heterocycles. The summed E-state index contributed by atoms with van der Waals surface area (Å²) in [6.07, 6.45) is 0. The lowest BCUT2D eigenvalue weighted by molar-refractivity contribution is -0.385. The number of non-ortho nitro benzene ring substituents is 1. The van der Waals surface area contributed by atoms with E-state index >= 15 is 0 Å². The summed E-state index contributed by atoms with van der Waals surface area (Å²) in [6.45, 7) is 7.87. The van der Waals surface area contributed by atoms with Crippen LogP contribution in [0.5, 0.6) is 0 Å². The van der Waals surface area contributed by atoms with Crippen molar-refractivity contribution in [1.82, 2.24) is 15.4 Å². The number of guanidine groups is 1. The maximum atomic E-state index is 12.2. The molecule has 0 aromatic heterocycles. The van der Waals surface area contributed by atoms with Crippen LogP contribution in [0.2, 0.25) is 0 Å². The SMILES string of the molecule is CCNC(=NCC(C)C)NCCNS(=O)(=O)c1cccc([N+](=O)[O-])c1.I. The molecule has 0 radical (unpaired) electrons. The summed E-state index contributed by atoms with van der Waals surface area (Å²) in [4.78, 5) is 14.4. The smallest absolute Gasteiger partial charge is 0.270 e. The Morgan fingerprint density at radius 2 is 1.96 bits per heavy atom. The first-order valence-electron chi connectivity index (χ1n) is 8.02. The molecule has 0 spiro atoms. The number of nitro benzene ring substituents is 1. The van der Waals surface area contributed by atoms with Gasteiger partial charge in [0.15, 0.2) is 5.96 Å². The van der Waals surface area contributed by atoms with E-state index in [-0.39, 0.29) is 41.1 Å². The molecular weight excluding hydrogens is 473 g/mol.